The van der Waals surface area contributed by atoms with Crippen LogP contribution in [0.5, 0.6) is 0 Å². The van der Waals surface area contributed by atoms with E-state index < -0.39 is 0 Å². The van der Waals surface area contributed by atoms with Crippen LogP contribution in [0.15, 0.2) is 60.9 Å². The van der Waals surface area contributed by atoms with E-state index in [1.165, 1.54) is 11.8 Å². The number of halogens is 1. The van der Waals surface area contributed by atoms with Crippen molar-refractivity contribution < 1.29 is 9.18 Å². The van der Waals surface area contributed by atoms with E-state index in [2.05, 4.69) is 41.9 Å². The number of aromatic nitrogens is 7. The maximum absolute atomic E-state index is 14.4. The second-order valence-electron chi connectivity index (χ2n) is 9.99. The molecule has 0 aliphatic heterocycles. The van der Waals surface area contributed by atoms with E-state index in [4.69, 9.17) is 0 Å². The number of unbranched alkanes of at least 4 members (excludes halogenated alkanes) is 1. The summed E-state index contributed by atoms with van der Waals surface area (Å²) in [5.41, 5.74) is 5.73. The van der Waals surface area contributed by atoms with E-state index in [0.29, 0.717) is 31.0 Å². The molecule has 1 saturated carbocycles. The van der Waals surface area contributed by atoms with Crippen LogP contribution in [0, 0.1) is 5.82 Å². The van der Waals surface area contributed by atoms with Gasteiger partial charge in [-0.3, -0.25) is 14.5 Å². The van der Waals surface area contributed by atoms with Crippen LogP contribution in [0.25, 0.3) is 11.0 Å². The molecule has 1 aromatic carbocycles. The number of H-pyrrole nitrogens is 1. The Labute approximate surface area is 224 Å². The van der Waals surface area contributed by atoms with Crippen molar-refractivity contribution in [2.75, 3.05) is 0 Å². The smallest absolute Gasteiger partial charge is 0.273 e. The Hall–Kier alpha value is -4.47. The fourth-order valence-electron chi connectivity index (χ4n) is 4.82. The van der Waals surface area contributed by atoms with Crippen molar-refractivity contribution in [3.8, 4) is 0 Å². The van der Waals surface area contributed by atoms with Gasteiger partial charge in [-0.25, -0.2) is 4.39 Å². The number of amides is 1. The highest BCUT2D eigenvalue weighted by atomic mass is 19.1. The van der Waals surface area contributed by atoms with Crippen LogP contribution in [-0.4, -0.2) is 41.1 Å². The van der Waals surface area contributed by atoms with Gasteiger partial charge in [0.05, 0.1) is 24.1 Å². The van der Waals surface area contributed by atoms with Crippen molar-refractivity contribution in [3.63, 3.8) is 0 Å². The third kappa shape index (κ3) is 5.84. The summed E-state index contributed by atoms with van der Waals surface area (Å²) in [5, 5.41) is 20.8. The van der Waals surface area contributed by atoms with Gasteiger partial charge in [-0.2, -0.15) is 5.10 Å². The molecule has 0 radical (unpaired) electrons. The number of benzene rings is 1. The third-order valence-electron chi connectivity index (χ3n) is 7.06. The fourth-order valence-corrected chi connectivity index (χ4v) is 4.82. The Morgan fingerprint density at radius 2 is 1.92 bits per heavy atom. The van der Waals surface area contributed by atoms with E-state index in [0.717, 1.165) is 60.1 Å². The zero-order chi connectivity index (χ0) is 26.6. The Balaban J connectivity index is 1.06. The third-order valence-corrected chi connectivity index (χ3v) is 7.06. The minimum Gasteiger partial charge on any atom is -0.345 e. The molecular weight excluding hydrogens is 495 g/mol. The lowest BCUT2D eigenvalue weighted by molar-refractivity contribution is 0.0945. The Morgan fingerprint density at radius 1 is 1.05 bits per heavy atom. The molecular formula is C29H29FN8O. The van der Waals surface area contributed by atoms with Gasteiger partial charge in [0.2, 0.25) is 0 Å². The number of nitrogens with one attached hydrogen (secondary N) is 2. The number of hydrogen-bond acceptors (Lipinski definition) is 6. The van der Waals surface area contributed by atoms with Crippen molar-refractivity contribution >= 4 is 16.9 Å². The van der Waals surface area contributed by atoms with E-state index in [1.807, 2.05) is 30.3 Å². The molecule has 0 saturated heterocycles. The van der Waals surface area contributed by atoms with Crippen molar-refractivity contribution in [2.24, 2.45) is 0 Å². The first-order chi connectivity index (χ1) is 19.1. The molecule has 1 aliphatic rings. The van der Waals surface area contributed by atoms with Gasteiger partial charge in [-0.15, -0.1) is 10.2 Å². The molecule has 0 spiro atoms. The van der Waals surface area contributed by atoms with Gasteiger partial charge in [0.15, 0.2) is 11.3 Å². The Kier molecular flexibility index (Phi) is 7.07. The average Bonchev–Trinajstić information content (AvgIpc) is 3.59. The molecule has 0 bridgehead atoms. The largest absolute Gasteiger partial charge is 0.345 e. The van der Waals surface area contributed by atoms with Crippen LogP contribution in [-0.2, 0) is 25.9 Å². The predicted molar refractivity (Wildman–Crippen MR) is 143 cm³/mol. The lowest BCUT2D eigenvalue weighted by Gasteiger charge is -2.06. The summed E-state index contributed by atoms with van der Waals surface area (Å²) in [6, 6.07) is 14.6. The van der Waals surface area contributed by atoms with Gasteiger partial charge < -0.3 is 10.3 Å². The van der Waals surface area contributed by atoms with E-state index in [9.17, 15) is 9.18 Å². The minimum absolute atomic E-state index is 0.183. The zero-order valence-corrected chi connectivity index (χ0v) is 21.5. The van der Waals surface area contributed by atoms with Gasteiger partial charge in [0.1, 0.15) is 5.82 Å². The summed E-state index contributed by atoms with van der Waals surface area (Å²) in [5.74, 6) is 0.0330. The van der Waals surface area contributed by atoms with Crippen molar-refractivity contribution in [1.29, 1.82) is 0 Å². The summed E-state index contributed by atoms with van der Waals surface area (Å²) in [4.78, 5) is 20.0. The number of carbonyl (C=O) groups is 1. The topological polar surface area (TPSA) is 114 Å². The maximum atomic E-state index is 14.4. The predicted octanol–water partition coefficient (Wildman–Crippen LogP) is 4.50. The second kappa shape index (κ2) is 11.1. The van der Waals surface area contributed by atoms with Gasteiger partial charge in [0.25, 0.3) is 5.91 Å². The highest BCUT2D eigenvalue weighted by molar-refractivity contribution is 5.91. The summed E-state index contributed by atoms with van der Waals surface area (Å²) < 4.78 is 16.1. The molecule has 4 heterocycles. The number of pyridine rings is 1. The lowest BCUT2D eigenvalue weighted by atomic mass is 10.00. The molecule has 1 amide bonds. The summed E-state index contributed by atoms with van der Waals surface area (Å²) >= 11 is 0. The van der Waals surface area contributed by atoms with Gasteiger partial charge in [-0.1, -0.05) is 29.5 Å². The van der Waals surface area contributed by atoms with Crippen molar-refractivity contribution in [2.45, 2.75) is 57.5 Å². The molecule has 4 aromatic heterocycles. The van der Waals surface area contributed by atoms with Crippen LogP contribution in [0.3, 0.4) is 0 Å². The number of rotatable bonds is 11. The van der Waals surface area contributed by atoms with Crippen LogP contribution >= 0.6 is 0 Å². The SMILES string of the molecule is O=C(NCc1ccccn1)c1cn(CCCCc2cc3c(Cc4ccccc4F)c(C4CC4)[nH]c3nn2)nn1. The second-order valence-corrected chi connectivity index (χ2v) is 9.99. The molecule has 0 atom stereocenters. The standard InChI is InChI=1S/C29H29FN8O/c30-25-10-2-1-7-20(25)15-23-24-16-21(34-36-28(24)33-27(23)19-11-12-19)8-4-6-14-38-18-26(35-37-38)29(39)32-17-22-9-3-5-13-31-22/h1-3,5,7,9-10,13,16,18-19H,4,6,8,11-12,14-15,17H2,(H,32,39)(H,33,36). The summed E-state index contributed by atoms with van der Waals surface area (Å²) in [7, 11) is 0. The fraction of sp³-hybridized carbons (Fsp3) is 0.310. The quantitative estimate of drug-likeness (QED) is 0.246. The molecule has 6 rings (SSSR count). The van der Waals surface area contributed by atoms with Crippen LogP contribution in [0.2, 0.25) is 0 Å². The molecule has 5 aromatic rings. The molecule has 198 valence electrons. The lowest BCUT2D eigenvalue weighted by Crippen LogP contribution is -2.23. The number of aromatic amines is 1. The van der Waals surface area contributed by atoms with Crippen molar-refractivity contribution in [3.05, 3.63) is 101 Å². The first-order valence-electron chi connectivity index (χ1n) is 13.3. The molecule has 2 N–H and O–H groups in total. The van der Waals surface area contributed by atoms with Crippen LogP contribution in [0.4, 0.5) is 4.39 Å². The van der Waals surface area contributed by atoms with Gasteiger partial charge in [0, 0.05) is 30.2 Å². The monoisotopic (exact) mass is 524 g/mol. The summed E-state index contributed by atoms with van der Waals surface area (Å²) in [6.07, 6.45) is 8.67. The minimum atomic E-state index is -0.279. The number of hydrogen-bond donors (Lipinski definition) is 2. The first kappa shape index (κ1) is 24.8. The number of nitrogens with zero attached hydrogens (tertiary/aromatic N) is 6. The number of fused-ring (bicyclic) bond motifs is 1. The molecule has 0 unspecified atom stereocenters. The van der Waals surface area contributed by atoms with Crippen molar-refractivity contribution in [1.82, 2.24) is 40.5 Å². The first-order valence-corrected chi connectivity index (χ1v) is 13.3. The van der Waals surface area contributed by atoms with Crippen LogP contribution in [0.1, 0.15) is 70.3 Å². The highest BCUT2D eigenvalue weighted by Gasteiger charge is 2.29. The maximum Gasteiger partial charge on any atom is 0.273 e. The summed E-state index contributed by atoms with van der Waals surface area (Å²) in [6.45, 7) is 0.980. The van der Waals surface area contributed by atoms with E-state index in [-0.39, 0.29) is 17.4 Å². The number of aryl methyl sites for hydroxylation is 2. The van der Waals surface area contributed by atoms with Crippen LogP contribution < -0.4 is 5.32 Å². The van der Waals surface area contributed by atoms with E-state index >= 15 is 0 Å². The molecule has 10 heteroatoms. The normalized spacial score (nSPS) is 13.2. The number of carbonyl (C=O) groups excluding carboxylic acids is 1. The molecule has 39 heavy (non-hydrogen) atoms. The Morgan fingerprint density at radius 3 is 2.74 bits per heavy atom. The Bertz CT molecular complexity index is 1590. The molecule has 1 fully saturated rings. The molecule has 1 aliphatic carbocycles. The zero-order valence-electron chi connectivity index (χ0n) is 21.5. The molecule has 9 nitrogen and oxygen atoms in total. The van der Waals surface area contributed by atoms with E-state index in [1.54, 1.807) is 23.1 Å². The van der Waals surface area contributed by atoms with Gasteiger partial charge in [-0.05, 0) is 73.4 Å². The van der Waals surface area contributed by atoms with Gasteiger partial charge >= 0.3 is 0 Å². The average molecular weight is 525 g/mol. The highest BCUT2D eigenvalue weighted by Crippen LogP contribution is 2.43.